The van der Waals surface area contributed by atoms with Crippen molar-refractivity contribution in [1.29, 1.82) is 0 Å². The van der Waals surface area contributed by atoms with Crippen LogP contribution in [0.4, 0.5) is 4.79 Å². The van der Waals surface area contributed by atoms with Gasteiger partial charge in [0.05, 0.1) is 18.8 Å². The molecule has 0 aromatic carbocycles. The van der Waals surface area contributed by atoms with Crippen LogP contribution in [0, 0.1) is 23.2 Å². The van der Waals surface area contributed by atoms with E-state index < -0.39 is 36.0 Å². The molecule has 1 aliphatic carbocycles. The number of ether oxygens (including phenoxy) is 2. The number of esters is 2. The Labute approximate surface area is 272 Å². The SMILES string of the molecule is CC(C)COC(=O)CC[C@H](NC(=O)NC(CCCCNC(CC(C)C)=C1C(=O)CC(C)(C)CC1=O)C(=O)OO)C(=O)OCC(C)C. The molecule has 0 radical (unpaired) electrons. The number of amides is 2. The summed E-state index contributed by atoms with van der Waals surface area (Å²) in [6, 6.07) is -3.33. The summed E-state index contributed by atoms with van der Waals surface area (Å²) in [4.78, 5) is 79.5. The molecule has 0 bridgehead atoms. The van der Waals surface area contributed by atoms with Gasteiger partial charge in [0.15, 0.2) is 11.6 Å². The Bertz CT molecular complexity index is 1080. The van der Waals surface area contributed by atoms with Gasteiger partial charge >= 0.3 is 23.9 Å². The number of unbranched alkanes of at least 4 members (excludes halogenated alkanes) is 1. The van der Waals surface area contributed by atoms with Crippen molar-refractivity contribution in [3.8, 4) is 0 Å². The minimum Gasteiger partial charge on any atom is -0.465 e. The molecule has 1 saturated carbocycles. The van der Waals surface area contributed by atoms with E-state index in [1.165, 1.54) is 0 Å². The van der Waals surface area contributed by atoms with Crippen LogP contribution in [0.15, 0.2) is 11.3 Å². The third-order valence-corrected chi connectivity index (χ3v) is 7.05. The molecule has 1 unspecified atom stereocenters. The summed E-state index contributed by atoms with van der Waals surface area (Å²) in [5.41, 5.74) is 0.486. The highest BCUT2D eigenvalue weighted by Crippen LogP contribution is 2.35. The minimum atomic E-state index is -1.24. The molecule has 13 heteroatoms. The molecule has 4 N–H and O–H groups in total. The maximum absolute atomic E-state index is 12.9. The highest BCUT2D eigenvalue weighted by molar-refractivity contribution is 6.22. The molecular formula is C33H55N3O10. The molecule has 13 nitrogen and oxygen atoms in total. The molecule has 2 amide bonds. The zero-order chi connectivity index (χ0) is 35.0. The van der Waals surface area contributed by atoms with Gasteiger partial charge < -0.3 is 25.4 Å². The van der Waals surface area contributed by atoms with Gasteiger partial charge in [-0.2, -0.15) is 5.26 Å². The number of allylic oxidation sites excluding steroid dienone is 2. The number of carbonyl (C=O) groups is 6. The smallest absolute Gasteiger partial charge is 0.364 e. The van der Waals surface area contributed by atoms with Gasteiger partial charge in [-0.05, 0) is 55.3 Å². The van der Waals surface area contributed by atoms with E-state index in [0.717, 1.165) is 0 Å². The summed E-state index contributed by atoms with van der Waals surface area (Å²) in [7, 11) is 0. The molecule has 262 valence electrons. The van der Waals surface area contributed by atoms with Crippen molar-refractivity contribution in [1.82, 2.24) is 16.0 Å². The second kappa shape index (κ2) is 19.9. The lowest BCUT2D eigenvalue weighted by Crippen LogP contribution is -2.51. The van der Waals surface area contributed by atoms with Crippen LogP contribution < -0.4 is 16.0 Å². The molecule has 0 aromatic rings. The molecule has 46 heavy (non-hydrogen) atoms. The van der Waals surface area contributed by atoms with Gasteiger partial charge in [-0.25, -0.2) is 14.4 Å². The van der Waals surface area contributed by atoms with Crippen LogP contribution in [-0.4, -0.2) is 72.6 Å². The number of hydrogen-bond donors (Lipinski definition) is 4. The first kappa shape index (κ1) is 40.5. The molecule has 0 saturated heterocycles. The van der Waals surface area contributed by atoms with Crippen molar-refractivity contribution in [2.24, 2.45) is 23.2 Å². The standard InChI is InChI=1S/C33H55N3O10/c1-20(2)15-25(29-26(37)16-33(7,8)17-27(29)38)34-14-10-9-11-23(31(41)46-43)35-32(42)36-24(30(40)45-19-22(5)6)12-13-28(39)44-18-21(3)4/h20-24,34,43H,9-19H2,1-8H3,(H2,35,36,42)/t23?,24-/m0/s1. The van der Waals surface area contributed by atoms with E-state index in [4.69, 9.17) is 14.7 Å². The summed E-state index contributed by atoms with van der Waals surface area (Å²) in [6.07, 6.45) is 1.89. The molecule has 1 rings (SSSR count). The van der Waals surface area contributed by atoms with Gasteiger partial charge in [-0.1, -0.05) is 55.4 Å². The summed E-state index contributed by atoms with van der Waals surface area (Å²) >= 11 is 0. The van der Waals surface area contributed by atoms with Crippen LogP contribution in [0.1, 0.15) is 107 Å². The largest absolute Gasteiger partial charge is 0.465 e. The Morgan fingerprint density at radius 1 is 0.783 bits per heavy atom. The van der Waals surface area contributed by atoms with Gasteiger partial charge in [0, 0.05) is 31.5 Å². The zero-order valence-electron chi connectivity index (χ0n) is 28.8. The lowest BCUT2D eigenvalue weighted by atomic mass is 9.73. The highest BCUT2D eigenvalue weighted by Gasteiger charge is 2.37. The first-order valence-corrected chi connectivity index (χ1v) is 16.2. The van der Waals surface area contributed by atoms with Gasteiger partial charge in [-0.15, -0.1) is 0 Å². The molecule has 2 atom stereocenters. The topological polar surface area (TPSA) is 186 Å². The molecule has 1 aliphatic rings. The van der Waals surface area contributed by atoms with Gasteiger partial charge in [0.25, 0.3) is 0 Å². The number of ketones is 2. The molecule has 0 heterocycles. The quantitative estimate of drug-likeness (QED) is 0.0297. The Kier molecular flexibility index (Phi) is 17.5. The van der Waals surface area contributed by atoms with Crippen molar-refractivity contribution in [2.45, 2.75) is 119 Å². The monoisotopic (exact) mass is 653 g/mol. The Morgan fingerprint density at radius 2 is 1.33 bits per heavy atom. The summed E-state index contributed by atoms with van der Waals surface area (Å²) in [5, 5.41) is 17.1. The van der Waals surface area contributed by atoms with Crippen molar-refractivity contribution < 1.29 is 48.4 Å². The maximum Gasteiger partial charge on any atom is 0.364 e. The van der Waals surface area contributed by atoms with Crippen molar-refractivity contribution >= 4 is 35.5 Å². The number of nitrogens with one attached hydrogen (secondary N) is 3. The van der Waals surface area contributed by atoms with E-state index in [9.17, 15) is 28.8 Å². The van der Waals surface area contributed by atoms with Crippen molar-refractivity contribution in [2.75, 3.05) is 19.8 Å². The van der Waals surface area contributed by atoms with Gasteiger partial charge in [0.2, 0.25) is 0 Å². The summed E-state index contributed by atoms with van der Waals surface area (Å²) in [5.74, 6) is -2.30. The third kappa shape index (κ3) is 15.7. The normalized spacial score (nSPS) is 15.8. The number of hydrogen-bond acceptors (Lipinski definition) is 11. The van der Waals surface area contributed by atoms with E-state index in [0.29, 0.717) is 44.3 Å². The fourth-order valence-electron chi connectivity index (χ4n) is 4.85. The first-order chi connectivity index (χ1) is 21.4. The average molecular weight is 654 g/mol. The molecule has 0 aromatic heterocycles. The van der Waals surface area contributed by atoms with Crippen molar-refractivity contribution in [3.63, 3.8) is 0 Å². The third-order valence-electron chi connectivity index (χ3n) is 7.05. The van der Waals surface area contributed by atoms with Crippen LogP contribution in [-0.2, 0) is 38.3 Å². The van der Waals surface area contributed by atoms with Crippen LogP contribution >= 0.6 is 0 Å². The lowest BCUT2D eigenvalue weighted by Gasteiger charge is -2.30. The van der Waals surface area contributed by atoms with E-state index >= 15 is 0 Å². The van der Waals surface area contributed by atoms with Crippen LogP contribution in [0.5, 0.6) is 0 Å². The van der Waals surface area contributed by atoms with E-state index in [1.807, 2.05) is 55.4 Å². The van der Waals surface area contributed by atoms with E-state index in [2.05, 4.69) is 20.8 Å². The van der Waals surface area contributed by atoms with E-state index in [-0.39, 0.29) is 72.8 Å². The van der Waals surface area contributed by atoms with Crippen LogP contribution in [0.3, 0.4) is 0 Å². The minimum absolute atomic E-state index is 0.0427. The van der Waals surface area contributed by atoms with Gasteiger partial charge in [-0.3, -0.25) is 19.3 Å². The summed E-state index contributed by atoms with van der Waals surface area (Å²) in [6.45, 7) is 16.0. The number of carbonyl (C=O) groups excluding carboxylic acids is 6. The van der Waals surface area contributed by atoms with Crippen molar-refractivity contribution in [3.05, 3.63) is 11.3 Å². The number of rotatable bonds is 19. The molecule has 0 aliphatic heterocycles. The zero-order valence-corrected chi connectivity index (χ0v) is 28.8. The highest BCUT2D eigenvalue weighted by atomic mass is 17.1. The predicted molar refractivity (Wildman–Crippen MR) is 170 cm³/mol. The number of Topliss-reactive ketones (excluding diaryl/α,β-unsaturated/α-hetero) is 2. The van der Waals surface area contributed by atoms with E-state index in [1.54, 1.807) is 0 Å². The number of urea groups is 1. The fraction of sp³-hybridized carbons (Fsp3) is 0.758. The van der Waals surface area contributed by atoms with Gasteiger partial charge in [0.1, 0.15) is 12.1 Å². The predicted octanol–water partition coefficient (Wildman–Crippen LogP) is 4.24. The lowest BCUT2D eigenvalue weighted by molar-refractivity contribution is -0.236. The van der Waals surface area contributed by atoms with Crippen LogP contribution in [0.25, 0.3) is 0 Å². The average Bonchev–Trinajstić information content (AvgIpc) is 2.94. The molecular weight excluding hydrogens is 598 g/mol. The molecule has 1 fully saturated rings. The Morgan fingerprint density at radius 3 is 1.85 bits per heavy atom. The Balaban J connectivity index is 2.82. The molecule has 0 spiro atoms. The maximum atomic E-state index is 12.9. The Hall–Kier alpha value is -3.48. The second-order valence-electron chi connectivity index (χ2n) is 14.0. The first-order valence-electron chi connectivity index (χ1n) is 16.2. The fourth-order valence-corrected chi connectivity index (χ4v) is 4.85. The second-order valence-corrected chi connectivity index (χ2v) is 14.0. The summed E-state index contributed by atoms with van der Waals surface area (Å²) < 4.78 is 10.4. The van der Waals surface area contributed by atoms with Crippen LogP contribution in [0.2, 0.25) is 0 Å².